The summed E-state index contributed by atoms with van der Waals surface area (Å²) in [6, 6.07) is 5.92. The van der Waals surface area contributed by atoms with E-state index >= 15 is 0 Å². The van der Waals surface area contributed by atoms with Crippen LogP contribution in [0.15, 0.2) is 18.2 Å². The maximum Gasteiger partial charge on any atom is 0.144 e. The van der Waals surface area contributed by atoms with Crippen molar-refractivity contribution in [2.24, 2.45) is 5.41 Å². The quantitative estimate of drug-likeness (QED) is 0.774. The summed E-state index contributed by atoms with van der Waals surface area (Å²) in [5.74, 6) is 0.897. The molecule has 3 heteroatoms. The van der Waals surface area contributed by atoms with Crippen LogP contribution < -0.4 is 15.4 Å². The predicted octanol–water partition coefficient (Wildman–Crippen LogP) is 2.27. The van der Waals surface area contributed by atoms with Gasteiger partial charge in [0.2, 0.25) is 0 Å². The molecule has 1 aromatic rings. The van der Waals surface area contributed by atoms with E-state index in [1.165, 1.54) is 38.0 Å². The van der Waals surface area contributed by atoms with Crippen LogP contribution in [0.2, 0.25) is 0 Å². The molecule has 1 spiro atoms. The number of nitrogens with two attached hydrogens (primary N) is 1. The molecule has 3 rings (SSSR count). The minimum Gasteiger partial charge on any atom is -0.495 e. The summed E-state index contributed by atoms with van der Waals surface area (Å²) in [4.78, 5) is 2.40. The summed E-state index contributed by atoms with van der Waals surface area (Å²) in [5.41, 5.74) is 8.35. The molecule has 2 aliphatic rings. The number of nitrogen functional groups attached to an aromatic ring is 1. The van der Waals surface area contributed by atoms with Crippen LogP contribution in [0.25, 0.3) is 0 Å². The average Bonchev–Trinajstić information content (AvgIpc) is 2.15. The van der Waals surface area contributed by atoms with Crippen LogP contribution >= 0.6 is 0 Å². The lowest BCUT2D eigenvalue weighted by Gasteiger charge is -2.57. The largest absolute Gasteiger partial charge is 0.495 e. The molecular weight excluding hydrogens is 200 g/mol. The Morgan fingerprint density at radius 1 is 1.31 bits per heavy atom. The van der Waals surface area contributed by atoms with Crippen molar-refractivity contribution in [1.29, 1.82) is 0 Å². The number of anilines is 2. The van der Waals surface area contributed by atoms with Crippen molar-refractivity contribution in [3.05, 3.63) is 18.2 Å². The molecular formula is C13H18N2O. The Labute approximate surface area is 96.2 Å². The number of hydrogen-bond acceptors (Lipinski definition) is 3. The third-order valence-corrected chi connectivity index (χ3v) is 4.01. The first-order chi connectivity index (χ1) is 7.72. The summed E-state index contributed by atoms with van der Waals surface area (Å²) in [6.07, 6.45) is 4.22. The molecule has 0 bridgehead atoms. The summed E-state index contributed by atoms with van der Waals surface area (Å²) in [7, 11) is 1.71. The topological polar surface area (TPSA) is 38.5 Å². The number of ether oxygens (including phenoxy) is 1. The summed E-state index contributed by atoms with van der Waals surface area (Å²) in [5, 5.41) is 0. The predicted molar refractivity (Wildman–Crippen MR) is 65.9 cm³/mol. The summed E-state index contributed by atoms with van der Waals surface area (Å²) in [6.45, 7) is 2.38. The fourth-order valence-electron chi connectivity index (χ4n) is 2.88. The molecule has 2 N–H and O–H groups in total. The van der Waals surface area contributed by atoms with Gasteiger partial charge in [-0.25, -0.2) is 0 Å². The molecule has 1 aliphatic heterocycles. The second-order valence-electron chi connectivity index (χ2n) is 5.14. The van der Waals surface area contributed by atoms with Crippen molar-refractivity contribution in [2.45, 2.75) is 19.3 Å². The van der Waals surface area contributed by atoms with Crippen LogP contribution in [0.4, 0.5) is 11.4 Å². The van der Waals surface area contributed by atoms with E-state index in [0.29, 0.717) is 5.41 Å². The number of rotatable bonds is 2. The van der Waals surface area contributed by atoms with E-state index in [0.717, 1.165) is 11.4 Å². The van der Waals surface area contributed by atoms with Crippen LogP contribution in [0.5, 0.6) is 5.75 Å². The van der Waals surface area contributed by atoms with Crippen LogP contribution in [0.1, 0.15) is 19.3 Å². The highest BCUT2D eigenvalue weighted by molar-refractivity contribution is 5.65. The maximum atomic E-state index is 5.75. The van der Waals surface area contributed by atoms with Crippen LogP contribution in [-0.4, -0.2) is 20.2 Å². The molecule has 1 aliphatic carbocycles. The van der Waals surface area contributed by atoms with Gasteiger partial charge in [-0.15, -0.1) is 0 Å². The molecule has 3 nitrogen and oxygen atoms in total. The number of hydrogen-bond donors (Lipinski definition) is 1. The molecule has 86 valence electrons. The fourth-order valence-corrected chi connectivity index (χ4v) is 2.88. The first-order valence-corrected chi connectivity index (χ1v) is 5.91. The fraction of sp³-hybridized carbons (Fsp3) is 0.538. The summed E-state index contributed by atoms with van der Waals surface area (Å²) >= 11 is 0. The van der Waals surface area contributed by atoms with Gasteiger partial charge in [0.05, 0.1) is 12.8 Å². The van der Waals surface area contributed by atoms with Crippen molar-refractivity contribution in [3.63, 3.8) is 0 Å². The third kappa shape index (κ3) is 1.34. The Morgan fingerprint density at radius 2 is 2.06 bits per heavy atom. The zero-order chi connectivity index (χ0) is 11.2. The highest BCUT2D eigenvalue weighted by atomic mass is 16.5. The normalized spacial score (nSPS) is 21.4. The van der Waals surface area contributed by atoms with Crippen molar-refractivity contribution in [1.82, 2.24) is 0 Å². The lowest BCUT2D eigenvalue weighted by Crippen LogP contribution is -2.59. The van der Waals surface area contributed by atoms with Crippen LogP contribution in [0.3, 0.4) is 0 Å². The van der Waals surface area contributed by atoms with Gasteiger partial charge in [-0.2, -0.15) is 0 Å². The van der Waals surface area contributed by atoms with Gasteiger partial charge >= 0.3 is 0 Å². The molecule has 1 saturated heterocycles. The highest BCUT2D eigenvalue weighted by Crippen LogP contribution is 2.50. The van der Waals surface area contributed by atoms with E-state index in [2.05, 4.69) is 11.0 Å². The standard InChI is InChI=1S/C13H18N2O/c1-16-12-7-10(14)3-4-11(12)15-8-13(9-15)5-2-6-13/h3-4,7H,2,5-6,8-9,14H2,1H3. The maximum absolute atomic E-state index is 5.75. The first kappa shape index (κ1) is 9.82. The van der Waals surface area contributed by atoms with Crippen molar-refractivity contribution in [2.75, 3.05) is 30.8 Å². The number of benzene rings is 1. The van der Waals surface area contributed by atoms with Crippen LogP contribution in [-0.2, 0) is 0 Å². The second kappa shape index (κ2) is 3.30. The van der Waals surface area contributed by atoms with Gasteiger partial charge in [-0.1, -0.05) is 6.42 Å². The Balaban J connectivity index is 1.79. The van der Waals surface area contributed by atoms with E-state index in [-0.39, 0.29) is 0 Å². The zero-order valence-corrected chi connectivity index (χ0v) is 9.70. The Hall–Kier alpha value is -1.38. The van der Waals surface area contributed by atoms with Crippen molar-refractivity contribution < 1.29 is 4.74 Å². The van der Waals surface area contributed by atoms with Gasteiger partial charge in [0, 0.05) is 30.3 Å². The van der Waals surface area contributed by atoms with Gasteiger partial charge in [0.25, 0.3) is 0 Å². The number of methoxy groups -OCH3 is 1. The van der Waals surface area contributed by atoms with E-state index < -0.39 is 0 Å². The Bertz CT molecular complexity index is 404. The lowest BCUT2D eigenvalue weighted by atomic mass is 9.63. The number of nitrogens with zero attached hydrogens (tertiary/aromatic N) is 1. The van der Waals surface area contributed by atoms with Gasteiger partial charge in [-0.3, -0.25) is 0 Å². The van der Waals surface area contributed by atoms with Gasteiger partial charge in [0.15, 0.2) is 0 Å². The molecule has 2 fully saturated rings. The van der Waals surface area contributed by atoms with Gasteiger partial charge in [-0.05, 0) is 25.0 Å². The zero-order valence-electron chi connectivity index (χ0n) is 9.70. The molecule has 0 unspecified atom stereocenters. The molecule has 1 aromatic carbocycles. The minimum atomic E-state index is 0.645. The minimum absolute atomic E-state index is 0.645. The van der Waals surface area contributed by atoms with Gasteiger partial charge < -0.3 is 15.4 Å². The SMILES string of the molecule is COc1cc(N)ccc1N1CC2(CCC2)C1. The smallest absolute Gasteiger partial charge is 0.144 e. The van der Waals surface area contributed by atoms with Crippen molar-refractivity contribution in [3.8, 4) is 5.75 Å². The summed E-state index contributed by atoms with van der Waals surface area (Å²) < 4.78 is 5.38. The monoisotopic (exact) mass is 218 g/mol. The first-order valence-electron chi connectivity index (χ1n) is 5.91. The van der Waals surface area contributed by atoms with E-state index in [4.69, 9.17) is 10.5 Å². The molecule has 0 atom stereocenters. The molecule has 0 aromatic heterocycles. The molecule has 1 saturated carbocycles. The lowest BCUT2D eigenvalue weighted by molar-refractivity contribution is 0.0899. The van der Waals surface area contributed by atoms with E-state index in [1.807, 2.05) is 12.1 Å². The van der Waals surface area contributed by atoms with E-state index in [9.17, 15) is 0 Å². The highest BCUT2D eigenvalue weighted by Gasteiger charge is 2.47. The third-order valence-electron chi connectivity index (χ3n) is 4.01. The Kier molecular flexibility index (Phi) is 2.03. The average molecular weight is 218 g/mol. The van der Waals surface area contributed by atoms with Gasteiger partial charge in [0.1, 0.15) is 5.75 Å². The van der Waals surface area contributed by atoms with Crippen molar-refractivity contribution >= 4 is 11.4 Å². The van der Waals surface area contributed by atoms with E-state index in [1.54, 1.807) is 7.11 Å². The van der Waals surface area contributed by atoms with Crippen LogP contribution in [0, 0.1) is 5.41 Å². The molecule has 1 heterocycles. The Morgan fingerprint density at radius 3 is 2.62 bits per heavy atom. The molecule has 0 radical (unpaired) electrons. The molecule has 16 heavy (non-hydrogen) atoms. The molecule has 0 amide bonds. The second-order valence-corrected chi connectivity index (χ2v) is 5.14.